The third-order valence-corrected chi connectivity index (χ3v) is 3.69. The molecule has 1 amide bonds. The Morgan fingerprint density at radius 3 is 2.32 bits per heavy atom. The molecule has 0 aliphatic carbocycles. The summed E-state index contributed by atoms with van der Waals surface area (Å²) in [7, 11) is 0. The fraction of sp³-hybridized carbons (Fsp3) is 0.300. The molecule has 5 heteroatoms. The van der Waals surface area contributed by atoms with Gasteiger partial charge in [-0.1, -0.05) is 48.5 Å². The maximum Gasteiger partial charge on any atom is 0.312 e. The van der Waals surface area contributed by atoms with E-state index >= 15 is 0 Å². The number of ether oxygens (including phenoxy) is 1. The van der Waals surface area contributed by atoms with Gasteiger partial charge in [0, 0.05) is 12.1 Å². The van der Waals surface area contributed by atoms with Crippen molar-refractivity contribution >= 4 is 11.9 Å². The van der Waals surface area contributed by atoms with E-state index in [1.807, 2.05) is 44.2 Å². The molecule has 0 aliphatic rings. The monoisotopic (exact) mass is 341 g/mol. The SMILES string of the molecule is CC(C)Oc1ccccc1CC(=O)NCC(C(=O)O)c1ccccc1. The van der Waals surface area contributed by atoms with E-state index in [9.17, 15) is 14.7 Å². The second-order valence-electron chi connectivity index (χ2n) is 6.06. The second kappa shape index (κ2) is 8.87. The molecule has 1 atom stereocenters. The molecular formula is C20H23NO4. The Bertz CT molecular complexity index is 713. The normalized spacial score (nSPS) is 11.8. The minimum absolute atomic E-state index is 0.0127. The molecule has 0 bridgehead atoms. The summed E-state index contributed by atoms with van der Waals surface area (Å²) >= 11 is 0. The fourth-order valence-electron chi connectivity index (χ4n) is 2.50. The number of amides is 1. The summed E-state index contributed by atoms with van der Waals surface area (Å²) < 4.78 is 5.71. The van der Waals surface area contributed by atoms with Crippen molar-refractivity contribution in [1.82, 2.24) is 5.32 Å². The lowest BCUT2D eigenvalue weighted by molar-refractivity contribution is -0.138. The van der Waals surface area contributed by atoms with Crippen LogP contribution in [0.5, 0.6) is 5.75 Å². The first-order valence-electron chi connectivity index (χ1n) is 8.26. The molecule has 0 aromatic heterocycles. The van der Waals surface area contributed by atoms with Crippen molar-refractivity contribution < 1.29 is 19.4 Å². The number of benzene rings is 2. The predicted octanol–water partition coefficient (Wildman–Crippen LogP) is 3.00. The number of carboxylic acid groups (broad SMARTS) is 1. The molecule has 0 spiro atoms. The van der Waals surface area contributed by atoms with Gasteiger partial charge in [0.2, 0.25) is 5.91 Å². The van der Waals surface area contributed by atoms with Crippen molar-refractivity contribution in [3.05, 3.63) is 65.7 Å². The average Bonchev–Trinajstić information content (AvgIpc) is 2.57. The zero-order chi connectivity index (χ0) is 18.2. The average molecular weight is 341 g/mol. The van der Waals surface area contributed by atoms with Crippen LogP contribution in [0, 0.1) is 0 Å². The number of carbonyl (C=O) groups excluding carboxylic acids is 1. The van der Waals surface area contributed by atoms with E-state index in [1.165, 1.54) is 0 Å². The second-order valence-corrected chi connectivity index (χ2v) is 6.06. The highest BCUT2D eigenvalue weighted by molar-refractivity contribution is 5.81. The highest BCUT2D eigenvalue weighted by atomic mass is 16.5. The summed E-state index contributed by atoms with van der Waals surface area (Å²) in [4.78, 5) is 23.7. The maximum atomic E-state index is 12.2. The van der Waals surface area contributed by atoms with Crippen LogP contribution in [0.2, 0.25) is 0 Å². The van der Waals surface area contributed by atoms with E-state index in [0.29, 0.717) is 11.3 Å². The topological polar surface area (TPSA) is 75.6 Å². The highest BCUT2D eigenvalue weighted by Crippen LogP contribution is 2.20. The van der Waals surface area contributed by atoms with Crippen molar-refractivity contribution in [1.29, 1.82) is 0 Å². The van der Waals surface area contributed by atoms with E-state index in [1.54, 1.807) is 24.3 Å². The van der Waals surface area contributed by atoms with Crippen molar-refractivity contribution in [3.63, 3.8) is 0 Å². The number of hydrogen-bond donors (Lipinski definition) is 2. The van der Waals surface area contributed by atoms with E-state index in [0.717, 1.165) is 5.56 Å². The fourth-order valence-corrected chi connectivity index (χ4v) is 2.50. The van der Waals surface area contributed by atoms with Crippen molar-refractivity contribution in [2.75, 3.05) is 6.54 Å². The molecule has 0 heterocycles. The van der Waals surface area contributed by atoms with Crippen LogP contribution >= 0.6 is 0 Å². The molecule has 1 unspecified atom stereocenters. The van der Waals surface area contributed by atoms with Crippen LogP contribution in [0.25, 0.3) is 0 Å². The zero-order valence-electron chi connectivity index (χ0n) is 14.4. The molecule has 2 aromatic rings. The molecule has 2 N–H and O–H groups in total. The lowest BCUT2D eigenvalue weighted by Crippen LogP contribution is -2.32. The maximum absolute atomic E-state index is 12.2. The van der Waals surface area contributed by atoms with Gasteiger partial charge in [-0.3, -0.25) is 9.59 Å². The van der Waals surface area contributed by atoms with E-state index in [2.05, 4.69) is 5.32 Å². The number of aliphatic carboxylic acids is 1. The summed E-state index contributed by atoms with van der Waals surface area (Å²) in [6.45, 7) is 3.90. The summed E-state index contributed by atoms with van der Waals surface area (Å²) in [5.41, 5.74) is 1.44. The smallest absolute Gasteiger partial charge is 0.312 e. The Kier molecular flexibility index (Phi) is 6.57. The Hall–Kier alpha value is -2.82. The first kappa shape index (κ1) is 18.5. The number of rotatable bonds is 8. The largest absolute Gasteiger partial charge is 0.491 e. The summed E-state index contributed by atoms with van der Waals surface area (Å²) in [5.74, 6) is -1.30. The van der Waals surface area contributed by atoms with Crippen molar-refractivity contribution in [3.8, 4) is 5.75 Å². The Morgan fingerprint density at radius 1 is 1.04 bits per heavy atom. The van der Waals surface area contributed by atoms with Gasteiger partial charge in [-0.2, -0.15) is 0 Å². The van der Waals surface area contributed by atoms with Gasteiger partial charge in [-0.15, -0.1) is 0 Å². The molecule has 0 saturated heterocycles. The van der Waals surface area contributed by atoms with Gasteiger partial charge >= 0.3 is 5.97 Å². The molecule has 132 valence electrons. The molecule has 2 aromatic carbocycles. The van der Waals surface area contributed by atoms with Gasteiger partial charge in [-0.05, 0) is 25.5 Å². The van der Waals surface area contributed by atoms with Crippen LogP contribution in [-0.2, 0) is 16.0 Å². The molecular weight excluding hydrogens is 318 g/mol. The molecule has 0 radical (unpaired) electrons. The molecule has 2 rings (SSSR count). The third-order valence-electron chi connectivity index (χ3n) is 3.69. The minimum atomic E-state index is -0.963. The van der Waals surface area contributed by atoms with Crippen LogP contribution in [0.1, 0.15) is 30.9 Å². The quantitative estimate of drug-likeness (QED) is 0.774. The predicted molar refractivity (Wildman–Crippen MR) is 95.7 cm³/mol. The lowest BCUT2D eigenvalue weighted by atomic mass is 9.99. The summed E-state index contributed by atoms with van der Waals surface area (Å²) in [6, 6.07) is 16.3. The van der Waals surface area contributed by atoms with Crippen LogP contribution in [0.15, 0.2) is 54.6 Å². The van der Waals surface area contributed by atoms with Gasteiger partial charge in [0.05, 0.1) is 18.4 Å². The van der Waals surface area contributed by atoms with Crippen LogP contribution in [-0.4, -0.2) is 29.6 Å². The van der Waals surface area contributed by atoms with Crippen molar-refractivity contribution in [2.24, 2.45) is 0 Å². The molecule has 5 nitrogen and oxygen atoms in total. The molecule has 0 aliphatic heterocycles. The van der Waals surface area contributed by atoms with Crippen LogP contribution in [0.4, 0.5) is 0 Å². The Labute approximate surface area is 147 Å². The minimum Gasteiger partial charge on any atom is -0.491 e. The number of carbonyl (C=O) groups is 2. The van der Waals surface area contributed by atoms with E-state index < -0.39 is 11.9 Å². The first-order chi connectivity index (χ1) is 12.0. The van der Waals surface area contributed by atoms with Crippen LogP contribution in [0.3, 0.4) is 0 Å². The van der Waals surface area contributed by atoms with Gasteiger partial charge in [0.1, 0.15) is 5.75 Å². The number of hydrogen-bond acceptors (Lipinski definition) is 3. The summed E-state index contributed by atoms with van der Waals surface area (Å²) in [6.07, 6.45) is 0.156. The van der Waals surface area contributed by atoms with Crippen molar-refractivity contribution in [2.45, 2.75) is 32.3 Å². The van der Waals surface area contributed by atoms with Gasteiger partial charge in [-0.25, -0.2) is 0 Å². The zero-order valence-corrected chi connectivity index (χ0v) is 14.4. The van der Waals surface area contributed by atoms with Crippen LogP contribution < -0.4 is 10.1 Å². The molecule has 25 heavy (non-hydrogen) atoms. The van der Waals surface area contributed by atoms with Gasteiger partial charge in [0.15, 0.2) is 0 Å². The van der Waals surface area contributed by atoms with Gasteiger partial charge in [0.25, 0.3) is 0 Å². The first-order valence-corrected chi connectivity index (χ1v) is 8.26. The third kappa shape index (κ3) is 5.64. The highest BCUT2D eigenvalue weighted by Gasteiger charge is 2.20. The number of carboxylic acids is 1. The Morgan fingerprint density at radius 2 is 1.68 bits per heavy atom. The molecule has 0 saturated carbocycles. The number of para-hydroxylation sites is 1. The number of nitrogens with one attached hydrogen (secondary N) is 1. The lowest BCUT2D eigenvalue weighted by Gasteiger charge is -2.16. The molecule has 0 fully saturated rings. The van der Waals surface area contributed by atoms with E-state index in [4.69, 9.17) is 4.74 Å². The van der Waals surface area contributed by atoms with E-state index in [-0.39, 0.29) is 25.0 Å². The summed E-state index contributed by atoms with van der Waals surface area (Å²) in [5, 5.41) is 12.1. The standard InChI is InChI=1S/C20H23NO4/c1-14(2)25-18-11-7-6-10-16(18)12-19(22)21-13-17(20(23)24)15-8-4-3-5-9-15/h3-11,14,17H,12-13H2,1-2H3,(H,21,22)(H,23,24). The Balaban J connectivity index is 1.99. The van der Waals surface area contributed by atoms with Gasteiger partial charge < -0.3 is 15.2 Å².